The number of hydrogen-bond acceptors (Lipinski definition) is 6. The van der Waals surface area contributed by atoms with Gasteiger partial charge in [-0.1, -0.05) is 5.11 Å². The predicted octanol–water partition coefficient (Wildman–Crippen LogP) is 3.45. The maximum atomic E-state index is 8.94. The highest BCUT2D eigenvalue weighted by atomic mass is 15.3. The summed E-state index contributed by atoms with van der Waals surface area (Å²) in [6.07, 6.45) is 4.60. The minimum atomic E-state index is 0.151. The van der Waals surface area contributed by atoms with Crippen molar-refractivity contribution in [2.24, 2.45) is 5.11 Å². The quantitative estimate of drug-likeness (QED) is 0.447. The van der Waals surface area contributed by atoms with Gasteiger partial charge >= 0.3 is 0 Å². The molecule has 0 spiro atoms. The zero-order valence-electron chi connectivity index (χ0n) is 13.0. The summed E-state index contributed by atoms with van der Waals surface area (Å²) in [6.45, 7) is 3.96. The smallest absolute Gasteiger partial charge is 0.164 e. The number of azide groups is 1. The molecule has 24 heavy (non-hydrogen) atoms. The monoisotopic (exact) mass is 319 g/mol. The van der Waals surface area contributed by atoms with E-state index in [1.807, 2.05) is 19.9 Å². The molecule has 118 valence electrons. The average Bonchev–Trinajstić information content (AvgIpc) is 2.99. The number of aromatic nitrogens is 4. The highest BCUT2D eigenvalue weighted by Crippen LogP contribution is 2.27. The maximum Gasteiger partial charge on any atom is 0.164 e. The molecule has 0 saturated heterocycles. The molecule has 0 amide bonds. The summed E-state index contributed by atoms with van der Waals surface area (Å²) in [7, 11) is 0. The van der Waals surface area contributed by atoms with E-state index in [0.29, 0.717) is 28.4 Å². The van der Waals surface area contributed by atoms with Gasteiger partial charge in [-0.05, 0) is 25.4 Å². The molecule has 3 aromatic heterocycles. The van der Waals surface area contributed by atoms with E-state index in [2.05, 4.69) is 30.4 Å². The third-order valence-corrected chi connectivity index (χ3v) is 3.22. The molecule has 3 heterocycles. The van der Waals surface area contributed by atoms with Crippen LogP contribution in [0.4, 0.5) is 11.4 Å². The summed E-state index contributed by atoms with van der Waals surface area (Å²) in [6, 6.07) is 5.66. The Kier molecular flexibility index (Phi) is 3.97. The first kappa shape index (κ1) is 15.3. The molecule has 0 saturated carbocycles. The number of fused-ring (bicyclic) bond motifs is 1. The van der Waals surface area contributed by atoms with Gasteiger partial charge in [0.25, 0.3) is 0 Å². The number of nitrogens with zero attached hydrogens (tertiary/aromatic N) is 8. The molecule has 3 rings (SSSR count). The fourth-order valence-corrected chi connectivity index (χ4v) is 2.26. The molecular weight excluding hydrogens is 306 g/mol. The number of anilines is 1. The van der Waals surface area contributed by atoms with E-state index in [-0.39, 0.29) is 6.04 Å². The van der Waals surface area contributed by atoms with E-state index in [0.717, 1.165) is 5.39 Å². The number of hydrogen-bond donors (Lipinski definition) is 1. The maximum absolute atomic E-state index is 8.94. The first-order valence-electron chi connectivity index (χ1n) is 7.18. The standard InChI is InChI=1S/C15H13N9/c1-9(2)21-12-4-14(18-8-13(12)22-23-17)24-15-11(7-20-24)3-10(5-16)6-19-15/h3-4,6-9H,1-2H3,(H,18,21). The fourth-order valence-electron chi connectivity index (χ4n) is 2.26. The average molecular weight is 319 g/mol. The van der Waals surface area contributed by atoms with Crippen molar-refractivity contribution in [1.29, 1.82) is 5.26 Å². The molecule has 1 N–H and O–H groups in total. The fraction of sp³-hybridized carbons (Fsp3) is 0.200. The van der Waals surface area contributed by atoms with Gasteiger partial charge in [0.1, 0.15) is 6.07 Å². The molecule has 0 aliphatic heterocycles. The normalized spacial score (nSPS) is 10.4. The van der Waals surface area contributed by atoms with Crippen molar-refractivity contribution in [2.45, 2.75) is 19.9 Å². The molecule has 0 radical (unpaired) electrons. The predicted molar refractivity (Wildman–Crippen MR) is 88.9 cm³/mol. The minimum absolute atomic E-state index is 0.151. The van der Waals surface area contributed by atoms with E-state index < -0.39 is 0 Å². The molecule has 3 aromatic rings. The summed E-state index contributed by atoms with van der Waals surface area (Å²) in [5.74, 6) is 0.530. The van der Waals surface area contributed by atoms with Crippen LogP contribution in [0.25, 0.3) is 27.3 Å². The Hall–Kier alpha value is -3.63. The van der Waals surface area contributed by atoms with Gasteiger partial charge in [-0.15, -0.1) is 0 Å². The van der Waals surface area contributed by atoms with Gasteiger partial charge in [-0.25, -0.2) is 9.97 Å². The Morgan fingerprint density at radius 1 is 1.29 bits per heavy atom. The summed E-state index contributed by atoms with van der Waals surface area (Å²) < 4.78 is 1.57. The number of nitriles is 1. The van der Waals surface area contributed by atoms with E-state index in [1.54, 1.807) is 23.0 Å². The lowest BCUT2D eigenvalue weighted by Crippen LogP contribution is -2.11. The molecule has 0 aliphatic carbocycles. The van der Waals surface area contributed by atoms with Gasteiger partial charge in [-0.2, -0.15) is 15.0 Å². The molecule has 0 unspecified atom stereocenters. The van der Waals surface area contributed by atoms with Crippen molar-refractivity contribution in [2.75, 3.05) is 5.32 Å². The lowest BCUT2D eigenvalue weighted by molar-refractivity contribution is 0.857. The van der Waals surface area contributed by atoms with Crippen LogP contribution in [0.15, 0.2) is 35.8 Å². The SMILES string of the molecule is CC(C)Nc1cc(-n2ncc3cc(C#N)cnc32)ncc1N=[N+]=[N-]. The van der Waals surface area contributed by atoms with E-state index in [4.69, 9.17) is 10.8 Å². The number of pyridine rings is 2. The second-order valence-electron chi connectivity index (χ2n) is 5.35. The van der Waals surface area contributed by atoms with Crippen molar-refractivity contribution >= 4 is 22.4 Å². The van der Waals surface area contributed by atoms with Crippen LogP contribution in [0, 0.1) is 11.3 Å². The van der Waals surface area contributed by atoms with Gasteiger partial charge < -0.3 is 5.32 Å². The Morgan fingerprint density at radius 2 is 2.12 bits per heavy atom. The molecule has 0 aliphatic rings. The Labute approximate surface area is 137 Å². The van der Waals surface area contributed by atoms with Crippen LogP contribution in [0.3, 0.4) is 0 Å². The van der Waals surface area contributed by atoms with Crippen molar-refractivity contribution in [1.82, 2.24) is 19.7 Å². The second kappa shape index (κ2) is 6.24. The van der Waals surface area contributed by atoms with Crippen LogP contribution in [0.1, 0.15) is 19.4 Å². The minimum Gasteiger partial charge on any atom is -0.382 e. The lowest BCUT2D eigenvalue weighted by Gasteiger charge is -2.13. The Morgan fingerprint density at radius 3 is 2.83 bits per heavy atom. The van der Waals surface area contributed by atoms with Crippen molar-refractivity contribution in [3.05, 3.63) is 46.7 Å². The molecule has 0 atom stereocenters. The highest BCUT2D eigenvalue weighted by molar-refractivity contribution is 5.78. The Balaban J connectivity index is 2.12. The third-order valence-electron chi connectivity index (χ3n) is 3.22. The third kappa shape index (κ3) is 2.82. The van der Waals surface area contributed by atoms with Gasteiger partial charge in [-0.3, -0.25) is 0 Å². The highest BCUT2D eigenvalue weighted by Gasteiger charge is 2.11. The molecule has 0 bridgehead atoms. The van der Waals surface area contributed by atoms with E-state index >= 15 is 0 Å². The van der Waals surface area contributed by atoms with Crippen molar-refractivity contribution in [3.63, 3.8) is 0 Å². The van der Waals surface area contributed by atoms with Crippen LogP contribution >= 0.6 is 0 Å². The first-order valence-corrected chi connectivity index (χ1v) is 7.18. The molecule has 9 nitrogen and oxygen atoms in total. The van der Waals surface area contributed by atoms with Gasteiger partial charge in [0.15, 0.2) is 11.5 Å². The van der Waals surface area contributed by atoms with E-state index in [9.17, 15) is 0 Å². The topological polar surface area (TPSA) is 128 Å². The zero-order valence-corrected chi connectivity index (χ0v) is 13.0. The molecule has 9 heteroatoms. The van der Waals surface area contributed by atoms with E-state index in [1.165, 1.54) is 12.4 Å². The largest absolute Gasteiger partial charge is 0.382 e. The molecular formula is C15H13N9. The number of rotatable bonds is 4. The first-order chi connectivity index (χ1) is 11.6. The van der Waals surface area contributed by atoms with Gasteiger partial charge in [0.05, 0.1) is 17.4 Å². The Bertz CT molecular complexity index is 990. The van der Waals surface area contributed by atoms with Crippen LogP contribution in [-0.4, -0.2) is 25.8 Å². The van der Waals surface area contributed by atoms with Crippen LogP contribution in [0.2, 0.25) is 0 Å². The summed E-state index contributed by atoms with van der Waals surface area (Å²) in [4.78, 5) is 11.4. The summed E-state index contributed by atoms with van der Waals surface area (Å²) in [5.41, 5.74) is 10.8. The summed E-state index contributed by atoms with van der Waals surface area (Å²) in [5, 5.41) is 20.8. The number of nitrogens with one attached hydrogen (secondary N) is 1. The second-order valence-corrected chi connectivity index (χ2v) is 5.35. The van der Waals surface area contributed by atoms with Crippen LogP contribution in [-0.2, 0) is 0 Å². The molecule has 0 aromatic carbocycles. The van der Waals surface area contributed by atoms with Crippen molar-refractivity contribution < 1.29 is 0 Å². The van der Waals surface area contributed by atoms with Crippen molar-refractivity contribution in [3.8, 4) is 11.9 Å². The molecule has 0 fully saturated rings. The van der Waals surface area contributed by atoms with Gasteiger partial charge in [0.2, 0.25) is 0 Å². The summed E-state index contributed by atoms with van der Waals surface area (Å²) >= 11 is 0. The van der Waals surface area contributed by atoms with Crippen LogP contribution in [0.5, 0.6) is 0 Å². The lowest BCUT2D eigenvalue weighted by atomic mass is 10.2. The van der Waals surface area contributed by atoms with Gasteiger partial charge in [0, 0.05) is 40.5 Å². The zero-order chi connectivity index (χ0) is 17.1. The van der Waals surface area contributed by atoms with Crippen LogP contribution < -0.4 is 5.32 Å².